The summed E-state index contributed by atoms with van der Waals surface area (Å²) in [7, 11) is -2.33. The number of aromatic amines is 2. The third-order valence-corrected chi connectivity index (χ3v) is 12.8. The quantitative estimate of drug-likeness (QED) is 0.0979. The standard InChI is InChI=1S/C44H30N4.C18H11BO3.Mn/c1-5-13-29(14-6-1)38-27-37-26-35-22-21-33(45-35)25-34-23-24-36(46-34)28-39-40(30-15-7-2-8-16-30)41(31-17-9-3-10-18-31)44(48-39)42(43(38)47-37)32-19-11-4-12-20-32;20-19(21)22-17-7-3-6-12-8-9-15-10-13-4-1-2-5-14(13)11-16(15)18(12)17;/h1-28,45,48H;1-11H;/q;-2;+2. The second kappa shape index (κ2) is 19.4. The van der Waals surface area contributed by atoms with Crippen LogP contribution in [-0.2, 0) is 17.1 Å². The molecular weight excluding hydrogens is 914 g/mol. The molecule has 11 aromatic rings. The minimum absolute atomic E-state index is 0. The first-order valence-corrected chi connectivity index (χ1v) is 23.2. The summed E-state index contributed by atoms with van der Waals surface area (Å²) in [4.78, 5) is 17.9. The van der Waals surface area contributed by atoms with Crippen LogP contribution in [0.4, 0.5) is 0 Å². The number of hydrogen-bond donors (Lipinski definition) is 2. The number of fused-ring (bicyclic) bond motifs is 12. The molecule has 8 bridgehead atoms. The molecule has 2 N–H and O–H groups in total. The summed E-state index contributed by atoms with van der Waals surface area (Å²) in [5.74, 6) is 0.341. The van der Waals surface area contributed by atoms with E-state index in [1.54, 1.807) is 12.1 Å². The molecule has 5 heterocycles. The summed E-state index contributed by atoms with van der Waals surface area (Å²) in [6, 6.07) is 74.7. The van der Waals surface area contributed by atoms with Crippen LogP contribution in [0.15, 0.2) is 218 Å². The summed E-state index contributed by atoms with van der Waals surface area (Å²) < 4.78 is 4.94. The number of rotatable bonds is 6. The molecular formula is C62H41BMnN4O3. The van der Waals surface area contributed by atoms with E-state index in [2.05, 4.69) is 198 Å². The van der Waals surface area contributed by atoms with Crippen molar-refractivity contribution in [1.82, 2.24) is 19.9 Å². The van der Waals surface area contributed by atoms with Gasteiger partial charge >= 0.3 is 17.1 Å². The average Bonchev–Trinajstić information content (AvgIpc) is 4.22. The summed E-state index contributed by atoms with van der Waals surface area (Å²) in [5.41, 5.74) is 16.3. The minimum atomic E-state index is -2.33. The fourth-order valence-electron chi connectivity index (χ4n) is 9.75. The molecule has 9 heteroatoms. The largest absolute Gasteiger partial charge is 2.00 e. The van der Waals surface area contributed by atoms with E-state index in [1.807, 2.05) is 36.4 Å². The van der Waals surface area contributed by atoms with Crippen molar-refractivity contribution in [2.75, 3.05) is 0 Å². The predicted octanol–water partition coefficient (Wildman–Crippen LogP) is 13.3. The molecule has 2 aliphatic rings. The van der Waals surface area contributed by atoms with Crippen molar-refractivity contribution in [3.05, 3.63) is 247 Å². The average molecular weight is 956 g/mol. The molecule has 0 atom stereocenters. The number of aromatic nitrogens is 4. The maximum atomic E-state index is 10.9. The molecule has 0 amide bonds. The van der Waals surface area contributed by atoms with Crippen LogP contribution in [0.5, 0.6) is 5.75 Å². The number of nitrogens with zero attached hydrogens (tertiary/aromatic N) is 2. The Hall–Kier alpha value is -8.56. The van der Waals surface area contributed by atoms with Crippen molar-refractivity contribution < 1.29 is 31.8 Å². The zero-order chi connectivity index (χ0) is 47.0. The molecule has 337 valence electrons. The Kier molecular flexibility index (Phi) is 12.3. The number of H-pyrrole nitrogens is 2. The maximum absolute atomic E-state index is 10.9. The third-order valence-electron chi connectivity index (χ3n) is 12.8. The van der Waals surface area contributed by atoms with Gasteiger partial charge in [0.25, 0.3) is 0 Å². The normalized spacial score (nSPS) is 11.7. The molecule has 8 aromatic carbocycles. The topological polar surface area (TPSA) is 113 Å². The van der Waals surface area contributed by atoms with Crippen LogP contribution in [0, 0.1) is 0 Å². The summed E-state index contributed by atoms with van der Waals surface area (Å²) in [5, 5.41) is 27.9. The van der Waals surface area contributed by atoms with Crippen LogP contribution in [0.25, 0.3) is 112 Å². The van der Waals surface area contributed by atoms with Gasteiger partial charge < -0.3 is 24.7 Å². The zero-order valence-corrected chi connectivity index (χ0v) is 39.3. The Bertz CT molecular complexity index is 4010. The van der Waals surface area contributed by atoms with Gasteiger partial charge in [0.05, 0.1) is 28.3 Å². The van der Waals surface area contributed by atoms with Crippen molar-refractivity contribution in [2.45, 2.75) is 0 Å². The van der Waals surface area contributed by atoms with E-state index < -0.39 is 7.32 Å². The van der Waals surface area contributed by atoms with E-state index >= 15 is 0 Å². The molecule has 0 unspecified atom stereocenters. The van der Waals surface area contributed by atoms with Crippen molar-refractivity contribution in [3.8, 4) is 39.1 Å². The predicted molar refractivity (Wildman–Crippen MR) is 285 cm³/mol. The van der Waals surface area contributed by atoms with Crippen LogP contribution in [0.1, 0.15) is 28.3 Å². The van der Waals surface area contributed by atoms with Crippen LogP contribution in [0.2, 0.25) is 0 Å². The Morgan fingerprint density at radius 1 is 0.423 bits per heavy atom. The molecule has 0 saturated carbocycles. The minimum Gasteiger partial charge on any atom is -0.860 e. The number of nitrogens with one attached hydrogen (secondary N) is 2. The molecule has 2 aliphatic heterocycles. The van der Waals surface area contributed by atoms with Gasteiger partial charge in [-0.05, 0) is 116 Å². The second-order valence-electron chi connectivity index (χ2n) is 17.3. The number of hydrogen-bond acceptors (Lipinski definition) is 5. The number of benzene rings is 8. The van der Waals surface area contributed by atoms with Gasteiger partial charge in [0.2, 0.25) is 0 Å². The first-order valence-electron chi connectivity index (χ1n) is 23.2. The summed E-state index contributed by atoms with van der Waals surface area (Å²) >= 11 is 0. The van der Waals surface area contributed by atoms with Crippen LogP contribution < -0.4 is 14.7 Å². The van der Waals surface area contributed by atoms with Crippen molar-refractivity contribution >= 4 is 85.5 Å². The van der Waals surface area contributed by atoms with Crippen LogP contribution in [0.3, 0.4) is 0 Å². The van der Waals surface area contributed by atoms with Crippen molar-refractivity contribution in [2.24, 2.45) is 0 Å². The van der Waals surface area contributed by atoms with Gasteiger partial charge in [-0.15, -0.1) is 0 Å². The zero-order valence-electron chi connectivity index (χ0n) is 38.1. The van der Waals surface area contributed by atoms with Gasteiger partial charge in [-0.3, -0.25) is 0 Å². The van der Waals surface area contributed by atoms with Gasteiger partial charge in [-0.1, -0.05) is 170 Å². The van der Waals surface area contributed by atoms with E-state index in [9.17, 15) is 10.0 Å². The molecule has 1 radical (unpaired) electrons. The molecule has 3 aromatic heterocycles. The Labute approximate surface area is 420 Å². The SMILES string of the molecule is C1=Cc2cc3[nH]c(c(-c4ccccc4)c4nc(cc5ccc(cc1n2)[nH]5)C=C4c1ccccc1)c(-c1ccccc1)c3-c1ccccc1.[Mn+2].[O-]B([O-])Oc1cccc2ccc3cc4ccccc4cc3c12. The Morgan fingerprint density at radius 3 is 1.61 bits per heavy atom. The van der Waals surface area contributed by atoms with E-state index in [0.29, 0.717) is 5.75 Å². The summed E-state index contributed by atoms with van der Waals surface area (Å²) in [6.07, 6.45) is 6.35. The van der Waals surface area contributed by atoms with E-state index in [0.717, 1.165) is 122 Å². The molecule has 0 saturated heterocycles. The smallest absolute Gasteiger partial charge is 0.860 e. The fraction of sp³-hybridized carbons (Fsp3) is 0. The second-order valence-corrected chi connectivity index (χ2v) is 17.3. The molecule has 7 nitrogen and oxygen atoms in total. The van der Waals surface area contributed by atoms with Crippen LogP contribution in [-0.4, -0.2) is 27.3 Å². The first kappa shape index (κ1) is 44.9. The van der Waals surface area contributed by atoms with E-state index in [4.69, 9.17) is 14.6 Å². The third kappa shape index (κ3) is 8.99. The van der Waals surface area contributed by atoms with E-state index in [1.165, 1.54) is 0 Å². The van der Waals surface area contributed by atoms with Gasteiger partial charge in [-0.25, -0.2) is 9.97 Å². The van der Waals surface area contributed by atoms with Gasteiger partial charge in [0.1, 0.15) is 13.1 Å². The van der Waals surface area contributed by atoms with Crippen molar-refractivity contribution in [1.29, 1.82) is 0 Å². The maximum Gasteiger partial charge on any atom is 2.00 e. The monoisotopic (exact) mass is 955 g/mol. The molecule has 0 aliphatic carbocycles. The first-order chi connectivity index (χ1) is 34.5. The van der Waals surface area contributed by atoms with Gasteiger partial charge in [0.15, 0.2) is 0 Å². The molecule has 71 heavy (non-hydrogen) atoms. The van der Waals surface area contributed by atoms with E-state index in [-0.39, 0.29) is 17.1 Å². The molecule has 0 spiro atoms. The van der Waals surface area contributed by atoms with Crippen LogP contribution >= 0.6 is 0 Å². The van der Waals surface area contributed by atoms with Gasteiger partial charge in [-0.2, -0.15) is 0 Å². The van der Waals surface area contributed by atoms with Crippen molar-refractivity contribution in [3.63, 3.8) is 0 Å². The Morgan fingerprint density at radius 2 is 0.958 bits per heavy atom. The fourth-order valence-corrected chi connectivity index (χ4v) is 9.75. The summed E-state index contributed by atoms with van der Waals surface area (Å²) in [6.45, 7) is 0. The van der Waals surface area contributed by atoms with Gasteiger partial charge in [0, 0.05) is 44.2 Å². The Balaban J connectivity index is 0.000000199. The molecule has 13 rings (SSSR count). The molecule has 0 fully saturated rings.